The molecule has 0 saturated carbocycles. The number of anilines is 1. The molecule has 1 aliphatic heterocycles. The Hall–Kier alpha value is -3.44. The van der Waals surface area contributed by atoms with Gasteiger partial charge in [-0.15, -0.1) is 0 Å². The van der Waals surface area contributed by atoms with Gasteiger partial charge in [-0.25, -0.2) is 22.9 Å². The van der Waals surface area contributed by atoms with Gasteiger partial charge < -0.3 is 10.6 Å². The molecule has 1 fully saturated rings. The summed E-state index contributed by atoms with van der Waals surface area (Å²) in [6, 6.07) is 0.434. The van der Waals surface area contributed by atoms with Crippen molar-refractivity contribution in [2.45, 2.75) is 6.92 Å². The number of urea groups is 1. The zero-order valence-corrected chi connectivity index (χ0v) is 13.8. The molecule has 1 heterocycles. The van der Waals surface area contributed by atoms with Crippen molar-refractivity contribution in [1.29, 1.82) is 0 Å². The van der Waals surface area contributed by atoms with Gasteiger partial charge in [-0.1, -0.05) is 0 Å². The van der Waals surface area contributed by atoms with E-state index in [0.717, 1.165) is 6.07 Å². The van der Waals surface area contributed by atoms with Gasteiger partial charge in [0.15, 0.2) is 17.5 Å². The fraction of sp³-hybridized carbons (Fsp3) is 0.267. The molecule has 9 nitrogen and oxygen atoms in total. The highest BCUT2D eigenvalue weighted by Crippen LogP contribution is 2.19. The van der Waals surface area contributed by atoms with Crippen molar-refractivity contribution in [3.8, 4) is 0 Å². The highest BCUT2D eigenvalue weighted by Gasteiger charge is 2.44. The Balaban J connectivity index is 1.90. The van der Waals surface area contributed by atoms with Gasteiger partial charge in [-0.3, -0.25) is 24.1 Å². The molecule has 0 aliphatic carbocycles. The first-order valence-corrected chi connectivity index (χ1v) is 7.54. The molecule has 0 unspecified atom stereocenters. The minimum atomic E-state index is -1.77. The van der Waals surface area contributed by atoms with E-state index in [1.165, 1.54) is 6.92 Å². The third kappa shape index (κ3) is 4.04. The lowest BCUT2D eigenvalue weighted by molar-refractivity contribution is -0.144. The predicted molar refractivity (Wildman–Crippen MR) is 82.5 cm³/mol. The van der Waals surface area contributed by atoms with Crippen molar-refractivity contribution in [3.63, 3.8) is 0 Å². The number of hydrogen-bond acceptors (Lipinski definition) is 5. The molecule has 1 aromatic carbocycles. The molecule has 12 heteroatoms. The molecule has 1 saturated heterocycles. The predicted octanol–water partition coefficient (Wildman–Crippen LogP) is -0.0307. The van der Waals surface area contributed by atoms with E-state index in [-0.39, 0.29) is 6.54 Å². The number of imide groups is 2. The van der Waals surface area contributed by atoms with Crippen LogP contribution in [0, 0.1) is 17.5 Å². The van der Waals surface area contributed by atoms with Crippen LogP contribution in [-0.2, 0) is 19.2 Å². The van der Waals surface area contributed by atoms with Crippen LogP contribution in [-0.4, -0.2) is 59.1 Å². The van der Waals surface area contributed by atoms with Gasteiger partial charge in [0.25, 0.3) is 0 Å². The van der Waals surface area contributed by atoms with E-state index in [4.69, 9.17) is 0 Å². The number of nitrogens with one attached hydrogen (secondary N) is 2. The molecule has 0 bridgehead atoms. The third-order valence-corrected chi connectivity index (χ3v) is 3.51. The lowest BCUT2D eigenvalue weighted by Crippen LogP contribution is -2.43. The van der Waals surface area contributed by atoms with Crippen LogP contribution in [0.25, 0.3) is 0 Å². The summed E-state index contributed by atoms with van der Waals surface area (Å²) in [6.45, 7) is -0.0935. The number of carbonyl (C=O) groups excluding carboxylic acids is 5. The Morgan fingerprint density at radius 3 is 2.19 bits per heavy atom. The van der Waals surface area contributed by atoms with Gasteiger partial charge in [0.1, 0.15) is 6.54 Å². The topological polar surface area (TPSA) is 116 Å². The molecule has 144 valence electrons. The number of amides is 6. The van der Waals surface area contributed by atoms with Gasteiger partial charge in [0.2, 0.25) is 11.8 Å². The summed E-state index contributed by atoms with van der Waals surface area (Å²) in [7, 11) is 0. The molecule has 27 heavy (non-hydrogen) atoms. The normalized spacial score (nSPS) is 14.0. The molecule has 0 spiro atoms. The van der Waals surface area contributed by atoms with E-state index in [0.29, 0.717) is 15.9 Å². The smallest absolute Gasteiger partial charge is 0.334 e. The standard InChI is InChI=1S/C15H13F3N4O5/c1-2-21-13(25)14(26)22(15(21)27)6-10(24)19-5-9(23)20-8-4-3-7(16)11(17)12(8)18/h3-4H,2,5-6H2,1H3,(H,19,24)(H,20,23). The van der Waals surface area contributed by atoms with Gasteiger partial charge in [-0.05, 0) is 19.1 Å². The molecular weight excluding hydrogens is 373 g/mol. The number of benzene rings is 1. The van der Waals surface area contributed by atoms with Gasteiger partial charge >= 0.3 is 17.8 Å². The number of likely N-dealkylation sites (N-methyl/N-ethyl adjacent to an activating group) is 1. The number of hydrogen-bond donors (Lipinski definition) is 2. The Labute approximate surface area is 150 Å². The molecule has 0 aromatic heterocycles. The van der Waals surface area contributed by atoms with E-state index in [1.54, 1.807) is 0 Å². The van der Waals surface area contributed by atoms with Crippen LogP contribution < -0.4 is 10.6 Å². The summed E-state index contributed by atoms with van der Waals surface area (Å²) in [6.07, 6.45) is 0. The second-order valence-corrected chi connectivity index (χ2v) is 5.27. The second kappa shape index (κ2) is 7.85. The Morgan fingerprint density at radius 2 is 1.59 bits per heavy atom. The van der Waals surface area contributed by atoms with Crippen LogP contribution in [0.15, 0.2) is 12.1 Å². The molecule has 0 atom stereocenters. The maximum atomic E-state index is 13.4. The van der Waals surface area contributed by atoms with Crippen molar-refractivity contribution in [2.24, 2.45) is 0 Å². The van der Waals surface area contributed by atoms with Crippen molar-refractivity contribution in [3.05, 3.63) is 29.6 Å². The zero-order chi connectivity index (χ0) is 20.3. The molecule has 0 radical (unpaired) electrons. The minimum absolute atomic E-state index is 0.0519. The summed E-state index contributed by atoms with van der Waals surface area (Å²) in [5, 5.41) is 3.97. The number of halogens is 3. The molecule has 1 aromatic rings. The van der Waals surface area contributed by atoms with E-state index < -0.39 is 65.9 Å². The lowest BCUT2D eigenvalue weighted by Gasteiger charge is -2.14. The first-order valence-electron chi connectivity index (χ1n) is 7.54. The highest BCUT2D eigenvalue weighted by molar-refractivity contribution is 6.45. The molecular formula is C15H13F3N4O5. The second-order valence-electron chi connectivity index (χ2n) is 5.27. The average molecular weight is 386 g/mol. The van der Waals surface area contributed by atoms with Crippen LogP contribution in [0.1, 0.15) is 6.92 Å². The first-order chi connectivity index (χ1) is 12.7. The van der Waals surface area contributed by atoms with Crippen molar-refractivity contribution >= 4 is 35.3 Å². The van der Waals surface area contributed by atoms with Crippen LogP contribution in [0.5, 0.6) is 0 Å². The fourth-order valence-corrected chi connectivity index (χ4v) is 2.16. The largest absolute Gasteiger partial charge is 0.345 e. The van der Waals surface area contributed by atoms with Crippen LogP contribution >= 0.6 is 0 Å². The number of rotatable bonds is 6. The molecule has 2 N–H and O–H groups in total. The van der Waals surface area contributed by atoms with Gasteiger partial charge in [0, 0.05) is 6.54 Å². The zero-order valence-electron chi connectivity index (χ0n) is 13.8. The van der Waals surface area contributed by atoms with E-state index in [2.05, 4.69) is 0 Å². The van der Waals surface area contributed by atoms with E-state index >= 15 is 0 Å². The number of nitrogens with zero attached hydrogens (tertiary/aromatic N) is 2. The summed E-state index contributed by atoms with van der Waals surface area (Å²) in [4.78, 5) is 59.5. The minimum Gasteiger partial charge on any atom is -0.345 e. The van der Waals surface area contributed by atoms with E-state index in [1.807, 2.05) is 10.6 Å². The maximum Gasteiger partial charge on any atom is 0.334 e. The third-order valence-electron chi connectivity index (χ3n) is 3.51. The van der Waals surface area contributed by atoms with Crippen LogP contribution in [0.4, 0.5) is 23.7 Å². The molecule has 1 aliphatic rings. The summed E-state index contributed by atoms with van der Waals surface area (Å²) in [5.74, 6) is -8.97. The van der Waals surface area contributed by atoms with Crippen molar-refractivity contribution in [1.82, 2.24) is 15.1 Å². The maximum absolute atomic E-state index is 13.4. The highest BCUT2D eigenvalue weighted by atomic mass is 19.2. The SMILES string of the molecule is CCN1C(=O)C(=O)N(CC(=O)NCC(=O)Nc2ccc(F)c(F)c2F)C1=O. The van der Waals surface area contributed by atoms with E-state index in [9.17, 15) is 37.1 Å². The summed E-state index contributed by atoms with van der Waals surface area (Å²) in [5.41, 5.74) is -0.637. The Kier molecular flexibility index (Phi) is 5.78. The Morgan fingerprint density at radius 1 is 0.963 bits per heavy atom. The lowest BCUT2D eigenvalue weighted by atomic mass is 10.2. The fourth-order valence-electron chi connectivity index (χ4n) is 2.16. The Bertz CT molecular complexity index is 845. The van der Waals surface area contributed by atoms with Gasteiger partial charge in [0.05, 0.1) is 12.2 Å². The van der Waals surface area contributed by atoms with Crippen molar-refractivity contribution in [2.75, 3.05) is 25.0 Å². The summed E-state index contributed by atoms with van der Waals surface area (Å²) >= 11 is 0. The first kappa shape index (κ1) is 19.9. The van der Waals surface area contributed by atoms with Crippen LogP contribution in [0.3, 0.4) is 0 Å². The quantitative estimate of drug-likeness (QED) is 0.405. The summed E-state index contributed by atoms with van der Waals surface area (Å²) < 4.78 is 39.3. The van der Waals surface area contributed by atoms with Crippen molar-refractivity contribution < 1.29 is 37.1 Å². The average Bonchev–Trinajstić information content (AvgIpc) is 2.83. The number of carbonyl (C=O) groups is 5. The van der Waals surface area contributed by atoms with Gasteiger partial charge in [-0.2, -0.15) is 0 Å². The molecule has 6 amide bonds. The molecule has 2 rings (SSSR count). The monoisotopic (exact) mass is 386 g/mol. The van der Waals surface area contributed by atoms with Crippen LogP contribution in [0.2, 0.25) is 0 Å².